The molecule has 12 heteroatoms. The van der Waals surface area contributed by atoms with Crippen LogP contribution in [0.25, 0.3) is 0 Å². The molecule has 12 nitrogen and oxygen atoms in total. The van der Waals surface area contributed by atoms with Crippen LogP contribution in [0.15, 0.2) is 25.0 Å². The first kappa shape index (κ1) is 28.9. The predicted molar refractivity (Wildman–Crippen MR) is 162 cm³/mol. The summed E-state index contributed by atoms with van der Waals surface area (Å²) in [6.07, 6.45) is 9.36. The van der Waals surface area contributed by atoms with Gasteiger partial charge in [0, 0.05) is 57.4 Å². The molecule has 0 unspecified atom stereocenters. The molecular weight excluding hydrogens is 546 g/mol. The van der Waals surface area contributed by atoms with Crippen LogP contribution in [-0.4, -0.2) is 102 Å². The zero-order valence-electron chi connectivity index (χ0n) is 25.0. The topological polar surface area (TPSA) is 122 Å². The van der Waals surface area contributed by atoms with E-state index in [9.17, 15) is 14.9 Å². The second kappa shape index (κ2) is 12.2. The highest BCUT2D eigenvalue weighted by Gasteiger charge is 2.35. The Kier molecular flexibility index (Phi) is 8.17. The summed E-state index contributed by atoms with van der Waals surface area (Å²) in [7, 11) is 3.95. The maximum atomic E-state index is 12.6. The van der Waals surface area contributed by atoms with Crippen molar-refractivity contribution in [1.29, 1.82) is 5.26 Å². The van der Waals surface area contributed by atoms with Crippen LogP contribution < -0.4 is 19.4 Å². The Bertz CT molecular complexity index is 1460. The van der Waals surface area contributed by atoms with Gasteiger partial charge >= 0.3 is 6.01 Å². The van der Waals surface area contributed by atoms with Crippen molar-refractivity contribution >= 4 is 29.0 Å². The zero-order valence-corrected chi connectivity index (χ0v) is 25.0. The third-order valence-electron chi connectivity index (χ3n) is 9.30. The van der Waals surface area contributed by atoms with Gasteiger partial charge in [-0.25, -0.2) is 0 Å². The Hall–Kier alpha value is -4.24. The highest BCUT2D eigenvalue weighted by Crippen LogP contribution is 2.39. The van der Waals surface area contributed by atoms with Gasteiger partial charge in [-0.15, -0.1) is 0 Å². The number of hydrogen-bond donors (Lipinski definition) is 0. The minimum atomic E-state index is -0.263. The standard InChI is InChI=1S/C31H39N9O3/c1-4-27(41)40-15-14-39(18-22(40)9-11-32)30-24-10-13-38(26-17-33-16-21-7-8-28(42)37(3)29(21)26)19-25(24)34-31(35-30)43-20-23-6-5-12-36(23)2/h4,16-17,22-23H,1,5-10,12-15,18-20H2,2-3H3/t22-,23-/m0/s1. The Morgan fingerprint density at radius 1 is 1.12 bits per heavy atom. The number of pyridine rings is 1. The smallest absolute Gasteiger partial charge is 0.318 e. The van der Waals surface area contributed by atoms with Crippen molar-refractivity contribution in [3.05, 3.63) is 41.9 Å². The molecule has 2 saturated heterocycles. The van der Waals surface area contributed by atoms with Crippen LogP contribution in [0.4, 0.5) is 17.2 Å². The number of carbonyl (C=O) groups excluding carboxylic acids is 2. The van der Waals surface area contributed by atoms with E-state index in [1.165, 1.54) is 6.08 Å². The van der Waals surface area contributed by atoms with Crippen molar-refractivity contribution in [1.82, 2.24) is 24.8 Å². The summed E-state index contributed by atoms with van der Waals surface area (Å²) in [4.78, 5) is 49.8. The molecule has 6 rings (SSSR count). The molecule has 0 saturated carbocycles. The molecule has 4 aliphatic rings. The monoisotopic (exact) mass is 585 g/mol. The number of rotatable bonds is 7. The van der Waals surface area contributed by atoms with Gasteiger partial charge < -0.3 is 29.2 Å². The van der Waals surface area contributed by atoms with Gasteiger partial charge in [-0.2, -0.15) is 15.2 Å². The number of amides is 2. The molecular formula is C31H39N9O3. The summed E-state index contributed by atoms with van der Waals surface area (Å²) in [6, 6.07) is 2.65. The number of carbonyl (C=O) groups is 2. The first-order valence-electron chi connectivity index (χ1n) is 15.1. The number of nitriles is 1. The van der Waals surface area contributed by atoms with Gasteiger partial charge in [0.25, 0.3) is 0 Å². The van der Waals surface area contributed by atoms with E-state index in [4.69, 9.17) is 14.7 Å². The van der Waals surface area contributed by atoms with Gasteiger partial charge in [0.2, 0.25) is 11.8 Å². The lowest BCUT2D eigenvalue weighted by Crippen LogP contribution is -2.55. The molecule has 0 N–H and O–H groups in total. The number of likely N-dealkylation sites (tertiary alicyclic amines) is 1. The first-order valence-corrected chi connectivity index (χ1v) is 15.1. The Morgan fingerprint density at radius 3 is 2.74 bits per heavy atom. The normalized spacial score (nSPS) is 22.2. The van der Waals surface area contributed by atoms with Crippen molar-refractivity contribution in [2.45, 2.75) is 57.2 Å². The largest absolute Gasteiger partial charge is 0.462 e. The highest BCUT2D eigenvalue weighted by atomic mass is 16.5. The number of nitrogens with zero attached hydrogens (tertiary/aromatic N) is 9. The second-order valence-electron chi connectivity index (χ2n) is 11.8. The lowest BCUT2D eigenvalue weighted by atomic mass is 9.99. The van der Waals surface area contributed by atoms with E-state index in [0.717, 1.165) is 53.4 Å². The molecule has 0 bridgehead atoms. The van der Waals surface area contributed by atoms with E-state index >= 15 is 0 Å². The van der Waals surface area contributed by atoms with E-state index < -0.39 is 0 Å². The molecule has 0 radical (unpaired) electrons. The zero-order chi connectivity index (χ0) is 30.1. The van der Waals surface area contributed by atoms with Gasteiger partial charge in [0.05, 0.1) is 48.3 Å². The van der Waals surface area contributed by atoms with Crippen LogP contribution in [0.1, 0.15) is 42.5 Å². The Labute approximate surface area is 252 Å². The Morgan fingerprint density at radius 2 is 1.98 bits per heavy atom. The van der Waals surface area contributed by atoms with Crippen LogP contribution in [0, 0.1) is 11.3 Å². The van der Waals surface area contributed by atoms with Crippen molar-refractivity contribution in [2.75, 3.05) is 68.1 Å². The van der Waals surface area contributed by atoms with E-state index in [-0.39, 0.29) is 24.3 Å². The summed E-state index contributed by atoms with van der Waals surface area (Å²) in [6.45, 7) is 8.02. The van der Waals surface area contributed by atoms with Gasteiger partial charge in [-0.3, -0.25) is 14.6 Å². The number of likely N-dealkylation sites (N-methyl/N-ethyl adjacent to an activating group) is 1. The van der Waals surface area contributed by atoms with Crippen molar-refractivity contribution in [2.24, 2.45) is 0 Å². The lowest BCUT2D eigenvalue weighted by molar-refractivity contribution is -0.128. The summed E-state index contributed by atoms with van der Waals surface area (Å²) < 4.78 is 6.27. The molecule has 2 atom stereocenters. The SMILES string of the molecule is C=CC(=O)N1CCN(c2nc(OC[C@@H]3CCCN3C)nc3c2CCN(c2cncc4c2N(C)C(=O)CC4)C3)C[C@@H]1CC#N. The van der Waals surface area contributed by atoms with Crippen LogP contribution in [0.2, 0.25) is 0 Å². The van der Waals surface area contributed by atoms with Gasteiger partial charge in [-0.1, -0.05) is 6.58 Å². The molecule has 2 aromatic rings. The second-order valence-corrected chi connectivity index (χ2v) is 11.8. The maximum absolute atomic E-state index is 12.6. The average Bonchev–Trinajstić information content (AvgIpc) is 3.44. The number of piperazine rings is 1. The van der Waals surface area contributed by atoms with E-state index in [2.05, 4.69) is 39.4 Å². The fourth-order valence-electron chi connectivity index (χ4n) is 6.84. The molecule has 4 aliphatic heterocycles. The van der Waals surface area contributed by atoms with Crippen molar-refractivity contribution in [3.63, 3.8) is 0 Å². The quantitative estimate of drug-likeness (QED) is 0.446. The molecule has 2 aromatic heterocycles. The van der Waals surface area contributed by atoms with Crippen LogP contribution >= 0.6 is 0 Å². The summed E-state index contributed by atoms with van der Waals surface area (Å²) in [5.41, 5.74) is 4.87. The molecule has 6 heterocycles. The summed E-state index contributed by atoms with van der Waals surface area (Å²) >= 11 is 0. The predicted octanol–water partition coefficient (Wildman–Crippen LogP) is 1.93. The third-order valence-corrected chi connectivity index (χ3v) is 9.30. The third kappa shape index (κ3) is 5.61. The maximum Gasteiger partial charge on any atom is 0.318 e. The van der Waals surface area contributed by atoms with Crippen LogP contribution in [-0.2, 0) is 29.0 Å². The number of fused-ring (bicyclic) bond motifs is 2. The fraction of sp³-hybridized carbons (Fsp3) is 0.548. The van der Waals surface area contributed by atoms with Gasteiger partial charge in [-0.05, 0) is 50.9 Å². The number of aryl methyl sites for hydroxylation is 1. The molecule has 2 fully saturated rings. The van der Waals surface area contributed by atoms with E-state index in [0.29, 0.717) is 70.6 Å². The van der Waals surface area contributed by atoms with Crippen LogP contribution in [0.3, 0.4) is 0 Å². The molecule has 0 aromatic carbocycles. The van der Waals surface area contributed by atoms with Crippen molar-refractivity contribution < 1.29 is 14.3 Å². The van der Waals surface area contributed by atoms with E-state index in [1.807, 2.05) is 19.4 Å². The summed E-state index contributed by atoms with van der Waals surface area (Å²) in [5.74, 6) is 0.761. The number of hydrogen-bond acceptors (Lipinski definition) is 10. The number of anilines is 3. The first-order chi connectivity index (χ1) is 20.9. The fourth-order valence-corrected chi connectivity index (χ4v) is 6.84. The van der Waals surface area contributed by atoms with Gasteiger partial charge in [0.15, 0.2) is 0 Å². The molecule has 0 spiro atoms. The number of ether oxygens (including phenoxy) is 1. The number of aromatic nitrogens is 3. The van der Waals surface area contributed by atoms with Crippen LogP contribution in [0.5, 0.6) is 6.01 Å². The Balaban J connectivity index is 1.33. The highest BCUT2D eigenvalue weighted by molar-refractivity contribution is 5.99. The minimum Gasteiger partial charge on any atom is -0.462 e. The molecule has 2 amide bonds. The molecule has 43 heavy (non-hydrogen) atoms. The lowest BCUT2D eigenvalue weighted by Gasteiger charge is -2.42. The molecule has 0 aliphatic carbocycles. The molecule has 226 valence electrons. The van der Waals surface area contributed by atoms with Gasteiger partial charge in [0.1, 0.15) is 12.4 Å². The minimum absolute atomic E-state index is 0.107. The average molecular weight is 586 g/mol. The van der Waals surface area contributed by atoms with Crippen molar-refractivity contribution in [3.8, 4) is 12.1 Å². The van der Waals surface area contributed by atoms with E-state index in [1.54, 1.807) is 9.80 Å². The summed E-state index contributed by atoms with van der Waals surface area (Å²) in [5, 5.41) is 9.52.